The van der Waals surface area contributed by atoms with Crippen molar-refractivity contribution in [3.63, 3.8) is 0 Å². The van der Waals surface area contributed by atoms with Gasteiger partial charge < -0.3 is 29.4 Å². The lowest BCUT2D eigenvalue weighted by Crippen LogP contribution is -2.16. The van der Waals surface area contributed by atoms with Gasteiger partial charge >= 0.3 is 0 Å². The molecule has 1 aliphatic heterocycles. The van der Waals surface area contributed by atoms with Crippen LogP contribution in [-0.4, -0.2) is 38.6 Å². The molecule has 0 saturated carbocycles. The first-order valence-corrected chi connectivity index (χ1v) is 12.7. The minimum Gasteiger partial charge on any atom is -0.493 e. The average Bonchev–Trinajstić information content (AvgIpc) is 2.84. The highest BCUT2D eigenvalue weighted by atomic mass is 79.9. The Labute approximate surface area is 205 Å². The van der Waals surface area contributed by atoms with Crippen LogP contribution in [-0.2, 0) is 6.54 Å². The maximum absolute atomic E-state index is 10.6. The quantitative estimate of drug-likeness (QED) is 0.306. The number of fused-ring (bicyclic) bond motifs is 1. The fourth-order valence-corrected chi connectivity index (χ4v) is 4.41. The fourth-order valence-electron chi connectivity index (χ4n) is 3.80. The number of aliphatic hydroxyl groups excluding tert-OH is 1. The number of halogens is 1. The largest absolute Gasteiger partial charge is 0.493 e. The molecule has 2 aromatic rings. The van der Waals surface area contributed by atoms with E-state index >= 15 is 0 Å². The first kappa shape index (κ1) is 25.7. The van der Waals surface area contributed by atoms with Gasteiger partial charge in [0.15, 0.2) is 23.0 Å². The molecule has 0 aromatic heterocycles. The van der Waals surface area contributed by atoms with E-state index in [4.69, 9.17) is 18.9 Å². The van der Waals surface area contributed by atoms with Crippen LogP contribution in [0.4, 0.5) is 0 Å². The zero-order valence-corrected chi connectivity index (χ0v) is 21.3. The van der Waals surface area contributed by atoms with Crippen LogP contribution in [0.15, 0.2) is 34.8 Å². The highest BCUT2D eigenvalue weighted by Crippen LogP contribution is 2.38. The lowest BCUT2D eigenvalue weighted by molar-refractivity contribution is 0.105. The van der Waals surface area contributed by atoms with Gasteiger partial charge in [-0.05, 0) is 64.3 Å². The zero-order chi connectivity index (χ0) is 23.5. The van der Waals surface area contributed by atoms with Crippen molar-refractivity contribution in [2.24, 2.45) is 0 Å². The minimum atomic E-state index is -0.809. The van der Waals surface area contributed by atoms with Crippen molar-refractivity contribution in [3.8, 4) is 23.0 Å². The SMILES string of the molecule is CCCCCCCCNCc1cc(Br)c(OCC(O)c2ccc3c(c2)OCCO3)c(OC)c1. The molecule has 7 heteroatoms. The van der Waals surface area contributed by atoms with Gasteiger partial charge in [0.25, 0.3) is 0 Å². The smallest absolute Gasteiger partial charge is 0.175 e. The lowest BCUT2D eigenvalue weighted by Gasteiger charge is -2.21. The third-order valence-corrected chi connectivity index (χ3v) is 6.25. The number of unbranched alkanes of at least 4 members (excludes halogenated alkanes) is 5. The predicted molar refractivity (Wildman–Crippen MR) is 134 cm³/mol. The normalized spacial score (nSPS) is 13.6. The summed E-state index contributed by atoms with van der Waals surface area (Å²) in [6, 6.07) is 9.45. The van der Waals surface area contributed by atoms with E-state index < -0.39 is 6.10 Å². The van der Waals surface area contributed by atoms with Crippen molar-refractivity contribution in [3.05, 3.63) is 45.9 Å². The Morgan fingerprint density at radius 2 is 1.79 bits per heavy atom. The topological polar surface area (TPSA) is 69.2 Å². The molecule has 2 aromatic carbocycles. The van der Waals surface area contributed by atoms with Crippen LogP contribution in [0, 0.1) is 0 Å². The molecule has 1 aliphatic rings. The first-order valence-electron chi connectivity index (χ1n) is 11.9. The van der Waals surface area contributed by atoms with Crippen molar-refractivity contribution >= 4 is 15.9 Å². The van der Waals surface area contributed by atoms with Crippen LogP contribution < -0.4 is 24.3 Å². The molecule has 1 heterocycles. The van der Waals surface area contributed by atoms with E-state index in [0.717, 1.165) is 23.1 Å². The number of hydrogen-bond acceptors (Lipinski definition) is 6. The summed E-state index contributed by atoms with van der Waals surface area (Å²) in [7, 11) is 1.62. The molecule has 1 atom stereocenters. The number of aliphatic hydroxyl groups is 1. The molecule has 3 rings (SSSR count). The Hall–Kier alpha value is -1.96. The van der Waals surface area contributed by atoms with Crippen molar-refractivity contribution in [2.45, 2.75) is 58.1 Å². The molecular weight excluding hydrogens is 486 g/mol. The molecule has 0 bridgehead atoms. The molecule has 6 nitrogen and oxygen atoms in total. The second-order valence-electron chi connectivity index (χ2n) is 8.28. The van der Waals surface area contributed by atoms with E-state index in [2.05, 4.69) is 28.2 Å². The van der Waals surface area contributed by atoms with E-state index in [1.807, 2.05) is 24.3 Å². The number of methoxy groups -OCH3 is 1. The highest BCUT2D eigenvalue weighted by molar-refractivity contribution is 9.10. The third kappa shape index (κ3) is 7.80. The van der Waals surface area contributed by atoms with Crippen LogP contribution in [0.3, 0.4) is 0 Å². The molecule has 0 aliphatic carbocycles. The monoisotopic (exact) mass is 521 g/mol. The van der Waals surface area contributed by atoms with Gasteiger partial charge in [-0.1, -0.05) is 45.1 Å². The summed E-state index contributed by atoms with van der Waals surface area (Å²) in [4.78, 5) is 0. The summed E-state index contributed by atoms with van der Waals surface area (Å²) in [6.07, 6.45) is 6.94. The van der Waals surface area contributed by atoms with Crippen molar-refractivity contribution < 1.29 is 24.1 Å². The second-order valence-corrected chi connectivity index (χ2v) is 9.14. The number of benzene rings is 2. The Bertz CT molecular complexity index is 876. The van der Waals surface area contributed by atoms with Crippen LogP contribution in [0.25, 0.3) is 0 Å². The summed E-state index contributed by atoms with van der Waals surface area (Å²) in [5.41, 5.74) is 1.83. The maximum atomic E-state index is 10.6. The van der Waals surface area contributed by atoms with E-state index in [1.54, 1.807) is 13.2 Å². The molecule has 2 N–H and O–H groups in total. The van der Waals surface area contributed by atoms with E-state index in [-0.39, 0.29) is 6.61 Å². The first-order chi connectivity index (χ1) is 16.1. The van der Waals surface area contributed by atoms with Crippen LogP contribution >= 0.6 is 15.9 Å². The summed E-state index contributed by atoms with van der Waals surface area (Å²) in [5, 5.41) is 14.1. The van der Waals surface area contributed by atoms with E-state index in [0.29, 0.717) is 41.8 Å². The van der Waals surface area contributed by atoms with Gasteiger partial charge in [0.2, 0.25) is 0 Å². The summed E-state index contributed by atoms with van der Waals surface area (Å²) < 4.78 is 23.5. The molecule has 182 valence electrons. The number of ether oxygens (including phenoxy) is 4. The van der Waals surface area contributed by atoms with Crippen molar-refractivity contribution in [1.82, 2.24) is 5.32 Å². The standard InChI is InChI=1S/C26H36BrNO5/c1-3-4-5-6-7-8-11-28-17-19-14-21(27)26(25(15-19)30-2)33-18-22(29)20-9-10-23-24(16-20)32-13-12-31-23/h9-10,14-16,22,28-29H,3-8,11-13,17-18H2,1-2H3. The Morgan fingerprint density at radius 1 is 1.03 bits per heavy atom. The average molecular weight is 522 g/mol. The lowest BCUT2D eigenvalue weighted by atomic mass is 10.1. The zero-order valence-electron chi connectivity index (χ0n) is 19.7. The van der Waals surface area contributed by atoms with Crippen LogP contribution in [0.5, 0.6) is 23.0 Å². The second kappa shape index (κ2) is 13.7. The van der Waals surface area contributed by atoms with E-state index in [9.17, 15) is 5.11 Å². The highest BCUT2D eigenvalue weighted by Gasteiger charge is 2.18. The summed E-state index contributed by atoms with van der Waals surface area (Å²) in [6.45, 7) is 5.15. The van der Waals surface area contributed by atoms with Gasteiger partial charge in [-0.25, -0.2) is 0 Å². The molecule has 0 spiro atoms. The number of nitrogens with one attached hydrogen (secondary N) is 1. The summed E-state index contributed by atoms with van der Waals surface area (Å²) >= 11 is 3.60. The van der Waals surface area contributed by atoms with Gasteiger partial charge in [-0.15, -0.1) is 0 Å². The third-order valence-electron chi connectivity index (χ3n) is 5.66. The summed E-state index contributed by atoms with van der Waals surface area (Å²) in [5.74, 6) is 2.56. The van der Waals surface area contributed by atoms with Gasteiger partial charge in [0, 0.05) is 6.54 Å². The Balaban J connectivity index is 1.51. The van der Waals surface area contributed by atoms with Crippen molar-refractivity contribution in [2.75, 3.05) is 33.5 Å². The van der Waals surface area contributed by atoms with Gasteiger partial charge in [-0.2, -0.15) is 0 Å². The fraction of sp³-hybridized carbons (Fsp3) is 0.538. The Kier molecular flexibility index (Phi) is 10.6. The predicted octanol–water partition coefficient (Wildman–Crippen LogP) is 5.79. The molecular formula is C26H36BrNO5. The molecule has 0 amide bonds. The Morgan fingerprint density at radius 3 is 2.58 bits per heavy atom. The molecule has 1 unspecified atom stereocenters. The van der Waals surface area contributed by atoms with Gasteiger partial charge in [0.1, 0.15) is 25.9 Å². The van der Waals surface area contributed by atoms with Gasteiger partial charge in [0.05, 0.1) is 11.6 Å². The minimum absolute atomic E-state index is 0.0875. The van der Waals surface area contributed by atoms with Crippen molar-refractivity contribution in [1.29, 1.82) is 0 Å². The molecule has 33 heavy (non-hydrogen) atoms. The maximum Gasteiger partial charge on any atom is 0.175 e. The molecule has 0 fully saturated rings. The van der Waals surface area contributed by atoms with E-state index in [1.165, 1.54) is 38.5 Å². The molecule has 0 saturated heterocycles. The van der Waals surface area contributed by atoms with Crippen LogP contribution in [0.1, 0.15) is 62.7 Å². The van der Waals surface area contributed by atoms with Gasteiger partial charge in [-0.3, -0.25) is 0 Å². The number of hydrogen-bond donors (Lipinski definition) is 2. The number of rotatable bonds is 14. The molecule has 0 radical (unpaired) electrons. The van der Waals surface area contributed by atoms with Crippen LogP contribution in [0.2, 0.25) is 0 Å².